The second-order valence-corrected chi connectivity index (χ2v) is 5.62. The van der Waals surface area contributed by atoms with Crippen LogP contribution in [0.1, 0.15) is 45.7 Å². The minimum atomic E-state index is -0.783. The van der Waals surface area contributed by atoms with Gasteiger partial charge in [0.25, 0.3) is 0 Å². The summed E-state index contributed by atoms with van der Waals surface area (Å²) >= 11 is 0. The summed E-state index contributed by atoms with van der Waals surface area (Å²) in [4.78, 5) is 24.6. The largest absolute Gasteiger partial charge is 0.465 e. The van der Waals surface area contributed by atoms with Gasteiger partial charge in [-0.2, -0.15) is 0 Å². The van der Waals surface area contributed by atoms with Gasteiger partial charge in [-0.3, -0.25) is 9.59 Å². The van der Waals surface area contributed by atoms with Crippen molar-refractivity contribution in [1.29, 1.82) is 0 Å². The Morgan fingerprint density at radius 3 is 2.05 bits per heavy atom. The monoisotopic (exact) mass is 305 g/mol. The van der Waals surface area contributed by atoms with Crippen LogP contribution in [0, 0.1) is 11.8 Å². The van der Waals surface area contributed by atoms with Crippen molar-refractivity contribution in [3.8, 4) is 0 Å². The number of ether oxygens (including phenoxy) is 1. The van der Waals surface area contributed by atoms with Crippen LogP contribution in [-0.4, -0.2) is 18.5 Å². The molecule has 0 aliphatic heterocycles. The molecule has 22 heavy (non-hydrogen) atoms. The van der Waals surface area contributed by atoms with Crippen LogP contribution in [0.15, 0.2) is 18.2 Å². The number of carbonyl (C=O) groups excluding carboxylic acids is 2. The third-order valence-electron chi connectivity index (χ3n) is 3.74. The highest BCUT2D eigenvalue weighted by Gasteiger charge is 2.31. The van der Waals surface area contributed by atoms with Gasteiger partial charge < -0.3 is 10.1 Å². The maximum Gasteiger partial charge on any atom is 0.318 e. The third kappa shape index (κ3) is 4.33. The van der Waals surface area contributed by atoms with Crippen molar-refractivity contribution in [3.63, 3.8) is 0 Å². The molecule has 4 nitrogen and oxygen atoms in total. The van der Waals surface area contributed by atoms with Crippen LogP contribution in [0.5, 0.6) is 0 Å². The normalized spacial score (nSPS) is 12.1. The highest BCUT2D eigenvalue weighted by atomic mass is 16.5. The molecule has 1 rings (SSSR count). The number of nitrogens with one attached hydrogen (secondary N) is 1. The standard InChI is InChI=1S/C18H27NO3/c1-6-13-10-9-11-14(7-2)16(13)19-17(20)15(12(4)5)18(21)22-8-3/h9-12,15H,6-8H2,1-5H3,(H,19,20). The van der Waals surface area contributed by atoms with Crippen LogP contribution in [0.2, 0.25) is 0 Å². The van der Waals surface area contributed by atoms with Gasteiger partial charge in [0.05, 0.1) is 6.61 Å². The van der Waals surface area contributed by atoms with Gasteiger partial charge in [0, 0.05) is 5.69 Å². The van der Waals surface area contributed by atoms with E-state index in [1.807, 2.05) is 32.0 Å². The second-order valence-electron chi connectivity index (χ2n) is 5.62. The number of rotatable bonds is 7. The zero-order valence-electron chi connectivity index (χ0n) is 14.2. The van der Waals surface area contributed by atoms with E-state index in [0.717, 1.165) is 29.7 Å². The van der Waals surface area contributed by atoms with Crippen molar-refractivity contribution < 1.29 is 14.3 Å². The van der Waals surface area contributed by atoms with Crippen LogP contribution in [0.25, 0.3) is 0 Å². The number of hydrogen-bond donors (Lipinski definition) is 1. The van der Waals surface area contributed by atoms with Gasteiger partial charge in [0.1, 0.15) is 5.92 Å². The van der Waals surface area contributed by atoms with Crippen LogP contribution in [0.3, 0.4) is 0 Å². The number of aryl methyl sites for hydroxylation is 2. The summed E-state index contributed by atoms with van der Waals surface area (Å²) in [7, 11) is 0. The average Bonchev–Trinajstić information content (AvgIpc) is 2.47. The lowest BCUT2D eigenvalue weighted by molar-refractivity contribution is -0.152. The Hall–Kier alpha value is -1.84. The van der Waals surface area contributed by atoms with E-state index in [1.54, 1.807) is 6.92 Å². The topological polar surface area (TPSA) is 55.4 Å². The van der Waals surface area contributed by atoms with E-state index >= 15 is 0 Å². The fourth-order valence-electron chi connectivity index (χ4n) is 2.52. The molecule has 1 aromatic carbocycles. The molecule has 0 aliphatic carbocycles. The predicted octanol–water partition coefficient (Wildman–Crippen LogP) is 3.59. The van der Waals surface area contributed by atoms with E-state index in [9.17, 15) is 9.59 Å². The number of para-hydroxylation sites is 1. The first-order chi connectivity index (χ1) is 10.5. The zero-order chi connectivity index (χ0) is 16.7. The maximum atomic E-state index is 12.6. The van der Waals surface area contributed by atoms with E-state index < -0.39 is 11.9 Å². The van der Waals surface area contributed by atoms with Gasteiger partial charge in [-0.15, -0.1) is 0 Å². The number of esters is 1. The Morgan fingerprint density at radius 1 is 1.09 bits per heavy atom. The molecule has 0 saturated carbocycles. The first-order valence-electron chi connectivity index (χ1n) is 8.04. The van der Waals surface area contributed by atoms with Gasteiger partial charge in [0.2, 0.25) is 5.91 Å². The quantitative estimate of drug-likeness (QED) is 0.619. The van der Waals surface area contributed by atoms with Crippen molar-refractivity contribution in [3.05, 3.63) is 29.3 Å². The minimum Gasteiger partial charge on any atom is -0.465 e. The number of benzene rings is 1. The van der Waals surface area contributed by atoms with E-state index in [0.29, 0.717) is 0 Å². The third-order valence-corrected chi connectivity index (χ3v) is 3.74. The van der Waals surface area contributed by atoms with Crippen molar-refractivity contribution >= 4 is 17.6 Å². The number of hydrogen-bond acceptors (Lipinski definition) is 3. The lowest BCUT2D eigenvalue weighted by Gasteiger charge is -2.21. The number of anilines is 1. The minimum absolute atomic E-state index is 0.113. The average molecular weight is 305 g/mol. The van der Waals surface area contributed by atoms with E-state index in [1.165, 1.54) is 0 Å². The Balaban J connectivity index is 3.06. The molecule has 0 bridgehead atoms. The summed E-state index contributed by atoms with van der Waals surface area (Å²) in [5.41, 5.74) is 3.01. The first kappa shape index (κ1) is 18.2. The maximum absolute atomic E-state index is 12.6. The summed E-state index contributed by atoms with van der Waals surface area (Å²) in [5, 5.41) is 2.96. The fraction of sp³-hybridized carbons (Fsp3) is 0.556. The van der Waals surface area contributed by atoms with E-state index in [-0.39, 0.29) is 18.4 Å². The first-order valence-corrected chi connectivity index (χ1v) is 8.04. The van der Waals surface area contributed by atoms with Crippen LogP contribution >= 0.6 is 0 Å². The smallest absolute Gasteiger partial charge is 0.318 e. The molecule has 0 fully saturated rings. The van der Waals surface area contributed by atoms with Crippen molar-refractivity contribution in [2.24, 2.45) is 11.8 Å². The molecule has 122 valence electrons. The molecule has 1 aromatic rings. The fourth-order valence-corrected chi connectivity index (χ4v) is 2.52. The molecule has 4 heteroatoms. The molecule has 0 aliphatic rings. The van der Waals surface area contributed by atoms with Gasteiger partial charge in [-0.1, -0.05) is 45.9 Å². The molecule has 0 saturated heterocycles. The molecule has 1 N–H and O–H groups in total. The summed E-state index contributed by atoms with van der Waals surface area (Å²) in [6.45, 7) is 9.84. The molecule has 1 amide bonds. The van der Waals surface area contributed by atoms with E-state index in [4.69, 9.17) is 4.74 Å². The molecular weight excluding hydrogens is 278 g/mol. The Bertz CT molecular complexity index is 501. The summed E-state index contributed by atoms with van der Waals surface area (Å²) < 4.78 is 5.04. The summed E-state index contributed by atoms with van der Waals surface area (Å²) in [5.74, 6) is -1.64. The van der Waals surface area contributed by atoms with Crippen LogP contribution in [0.4, 0.5) is 5.69 Å². The molecule has 0 heterocycles. The van der Waals surface area contributed by atoms with Gasteiger partial charge in [-0.05, 0) is 36.8 Å². The molecule has 1 unspecified atom stereocenters. The molecular formula is C18H27NO3. The van der Waals surface area contributed by atoms with Gasteiger partial charge in [0.15, 0.2) is 0 Å². The van der Waals surface area contributed by atoms with Gasteiger partial charge >= 0.3 is 5.97 Å². The molecule has 0 spiro atoms. The predicted molar refractivity (Wildman–Crippen MR) is 88.8 cm³/mol. The highest BCUT2D eigenvalue weighted by Crippen LogP contribution is 2.24. The molecule has 1 atom stereocenters. The lowest BCUT2D eigenvalue weighted by Crippen LogP contribution is -2.35. The Labute approximate surface area is 133 Å². The number of carbonyl (C=O) groups is 2. The van der Waals surface area contributed by atoms with Gasteiger partial charge in [-0.25, -0.2) is 0 Å². The number of amides is 1. The van der Waals surface area contributed by atoms with Crippen molar-refractivity contribution in [2.45, 2.75) is 47.5 Å². The Kier molecular flexibility index (Phi) is 7.09. The highest BCUT2D eigenvalue weighted by molar-refractivity contribution is 6.05. The SMILES string of the molecule is CCOC(=O)C(C(=O)Nc1c(CC)cccc1CC)C(C)C. The van der Waals surface area contributed by atoms with Crippen LogP contribution in [-0.2, 0) is 27.2 Å². The van der Waals surface area contributed by atoms with Crippen molar-refractivity contribution in [1.82, 2.24) is 0 Å². The summed E-state index contributed by atoms with van der Waals surface area (Å²) in [6.07, 6.45) is 1.66. The van der Waals surface area contributed by atoms with Crippen molar-refractivity contribution in [2.75, 3.05) is 11.9 Å². The second kappa shape index (κ2) is 8.57. The van der Waals surface area contributed by atoms with E-state index in [2.05, 4.69) is 19.2 Å². The molecule has 0 aromatic heterocycles. The lowest BCUT2D eigenvalue weighted by atomic mass is 9.94. The zero-order valence-corrected chi connectivity index (χ0v) is 14.2. The Morgan fingerprint density at radius 2 is 1.64 bits per heavy atom. The summed E-state index contributed by atoms with van der Waals surface area (Å²) in [6, 6.07) is 6.01. The van der Waals surface area contributed by atoms with Crippen LogP contribution < -0.4 is 5.32 Å². The molecule has 0 radical (unpaired) electrons.